The molecule has 0 bridgehead atoms. The fourth-order valence-electron chi connectivity index (χ4n) is 10.1. The predicted molar refractivity (Wildman–Crippen MR) is 186 cm³/mol. The Morgan fingerprint density at radius 2 is 1.67 bits per heavy atom. The van der Waals surface area contributed by atoms with Crippen LogP contribution in [0, 0.1) is 45.3 Å². The normalized spacial score (nSPS) is 30.1. The summed E-state index contributed by atoms with van der Waals surface area (Å²) in [5.74, 6) is -2.09. The second-order valence-corrected chi connectivity index (χ2v) is 19.2. The summed E-state index contributed by atoms with van der Waals surface area (Å²) in [4.78, 5) is 58.0. The van der Waals surface area contributed by atoms with Crippen LogP contribution in [0.3, 0.4) is 0 Å². The maximum atomic E-state index is 14.7. The number of likely N-dealkylation sites (tertiary alicyclic amines) is 1. The Morgan fingerprint density at radius 1 is 1.02 bits per heavy atom. The van der Waals surface area contributed by atoms with Gasteiger partial charge in [-0.05, 0) is 100 Å². The summed E-state index contributed by atoms with van der Waals surface area (Å²) in [6.45, 7) is 14.2. The van der Waals surface area contributed by atoms with E-state index in [1.165, 1.54) is 6.07 Å². The van der Waals surface area contributed by atoms with Gasteiger partial charge in [0.15, 0.2) is 5.78 Å². The zero-order valence-corrected chi connectivity index (χ0v) is 31.3. The molecule has 11 heteroatoms. The van der Waals surface area contributed by atoms with Crippen molar-refractivity contribution in [3.8, 4) is 0 Å². The first-order valence-electron chi connectivity index (χ1n) is 18.1. The number of Topliss-reactive ketones (excluding diaryl/α,β-unsaturated/α-hetero) is 1. The van der Waals surface area contributed by atoms with Crippen LogP contribution in [0.4, 0.5) is 5.69 Å². The molecule has 2 amide bonds. The van der Waals surface area contributed by atoms with Gasteiger partial charge in [-0.3, -0.25) is 19.2 Å². The Balaban J connectivity index is 1.28. The van der Waals surface area contributed by atoms with Crippen LogP contribution >= 0.6 is 0 Å². The van der Waals surface area contributed by atoms with Crippen molar-refractivity contribution in [2.45, 2.75) is 123 Å². The second-order valence-electron chi connectivity index (χ2n) is 17.6. The number of fused-ring (bicyclic) bond motifs is 1. The molecule has 10 nitrogen and oxygen atoms in total. The highest BCUT2D eigenvalue weighted by molar-refractivity contribution is 7.90. The summed E-state index contributed by atoms with van der Waals surface area (Å²) in [6, 6.07) is 5.66. The van der Waals surface area contributed by atoms with Crippen LogP contribution < -0.4 is 10.0 Å². The fourth-order valence-corrected chi connectivity index (χ4v) is 11.4. The first-order chi connectivity index (χ1) is 22.8. The van der Waals surface area contributed by atoms with Crippen LogP contribution in [-0.4, -0.2) is 62.1 Å². The highest BCUT2D eigenvalue weighted by Crippen LogP contribution is 2.88. The number of nitrogens with zero attached hydrogens (tertiary/aromatic N) is 1. The number of carbonyl (C=O) groups is 4. The summed E-state index contributed by atoms with van der Waals surface area (Å²) >= 11 is 0. The molecule has 270 valence electrons. The lowest BCUT2D eigenvalue weighted by Crippen LogP contribution is -2.47. The SMILES string of the molecule is CNc1ccccc1S(=O)(=O)NC(=O)[C@@]1(CC(=O)[C@@H]2C[C@@]3(CN2C(=O)[C@@H](CC(=O)OC(C)(C)C)C(C)C)C(C)(C)C32CCC2)C[C@H]1C1CC1. The second kappa shape index (κ2) is 11.8. The molecule has 4 saturated carbocycles. The molecule has 6 rings (SSSR count). The molecule has 4 aliphatic carbocycles. The Morgan fingerprint density at radius 3 is 2.20 bits per heavy atom. The van der Waals surface area contributed by atoms with E-state index in [0.717, 1.165) is 32.1 Å². The Labute approximate surface area is 291 Å². The number of anilines is 1. The van der Waals surface area contributed by atoms with E-state index in [1.807, 2.05) is 13.8 Å². The number of carbonyl (C=O) groups excluding carboxylic acids is 4. The van der Waals surface area contributed by atoms with E-state index in [1.54, 1.807) is 50.9 Å². The van der Waals surface area contributed by atoms with Gasteiger partial charge in [0.2, 0.25) is 11.8 Å². The third kappa shape index (κ3) is 5.79. The fraction of sp³-hybridized carbons (Fsp3) is 0.737. The highest BCUT2D eigenvalue weighted by Gasteiger charge is 2.85. The van der Waals surface area contributed by atoms with Gasteiger partial charge in [0, 0.05) is 25.4 Å². The van der Waals surface area contributed by atoms with E-state index < -0.39 is 44.9 Å². The van der Waals surface area contributed by atoms with E-state index in [-0.39, 0.29) is 57.5 Å². The van der Waals surface area contributed by atoms with Crippen molar-refractivity contribution >= 4 is 39.3 Å². The average Bonchev–Trinajstić information content (AvgIpc) is 3.92. The highest BCUT2D eigenvalue weighted by atomic mass is 32.2. The number of para-hydroxylation sites is 1. The van der Waals surface area contributed by atoms with E-state index in [2.05, 4.69) is 23.9 Å². The molecule has 5 aliphatic rings. The number of hydrogen-bond donors (Lipinski definition) is 2. The standard InChI is InChI=1S/C38H55N3O7S/c1-23(2)25(18-31(43)48-34(3,4)5)32(44)41-22-38(35(6,7)37(38)16-11-17-37)20-28(41)29(42)21-36(19-26(36)24-14-15-24)33(45)40-49(46,47)30-13-10-9-12-27(30)39-8/h9-10,12-13,23-26,28,39H,11,14-22H2,1-8H3,(H,40,45)/t25-,26-,28-,36+,38+/m0/s1. The van der Waals surface area contributed by atoms with Crippen LogP contribution in [0.5, 0.6) is 0 Å². The van der Waals surface area contributed by atoms with Crippen LogP contribution in [0.25, 0.3) is 0 Å². The number of rotatable bonds is 12. The minimum absolute atomic E-state index is 0.0306. The number of ether oxygens (including phenoxy) is 1. The number of benzene rings is 1. The number of esters is 1. The number of hydrogen-bond acceptors (Lipinski definition) is 8. The first kappa shape index (κ1) is 35.9. The molecule has 49 heavy (non-hydrogen) atoms. The molecule has 1 saturated heterocycles. The summed E-state index contributed by atoms with van der Waals surface area (Å²) in [6.07, 6.45) is 5.97. The zero-order chi connectivity index (χ0) is 35.9. The first-order valence-corrected chi connectivity index (χ1v) is 19.6. The van der Waals surface area contributed by atoms with Crippen molar-refractivity contribution < 1.29 is 32.3 Å². The number of ketones is 1. The molecular weight excluding hydrogens is 642 g/mol. The molecule has 1 aromatic rings. The van der Waals surface area contributed by atoms with Crippen LogP contribution in [0.15, 0.2) is 29.2 Å². The average molecular weight is 698 g/mol. The van der Waals surface area contributed by atoms with Gasteiger partial charge < -0.3 is 15.0 Å². The lowest BCUT2D eigenvalue weighted by atomic mass is 9.73. The number of nitrogens with one attached hydrogen (secondary N) is 2. The van der Waals surface area contributed by atoms with E-state index in [0.29, 0.717) is 31.0 Å². The Bertz CT molecular complexity index is 1650. The lowest BCUT2D eigenvalue weighted by molar-refractivity contribution is -0.159. The van der Waals surface area contributed by atoms with Gasteiger partial charge in [-0.15, -0.1) is 0 Å². The maximum Gasteiger partial charge on any atom is 0.307 e. The van der Waals surface area contributed by atoms with Gasteiger partial charge in [-0.1, -0.05) is 46.2 Å². The molecule has 2 spiro atoms. The molecule has 0 radical (unpaired) electrons. The Hall–Kier alpha value is -2.95. The van der Waals surface area contributed by atoms with Crippen molar-refractivity contribution in [2.75, 3.05) is 18.9 Å². The third-order valence-corrected chi connectivity index (χ3v) is 14.7. The molecule has 5 fully saturated rings. The van der Waals surface area contributed by atoms with Gasteiger partial charge >= 0.3 is 5.97 Å². The smallest absolute Gasteiger partial charge is 0.307 e. The van der Waals surface area contributed by atoms with Crippen LogP contribution in [-0.2, 0) is 33.9 Å². The maximum absolute atomic E-state index is 14.7. The van der Waals surface area contributed by atoms with E-state index in [9.17, 15) is 27.6 Å². The molecule has 0 unspecified atom stereocenters. The lowest BCUT2D eigenvalue weighted by Gasteiger charge is -2.32. The van der Waals surface area contributed by atoms with Crippen LogP contribution in [0.2, 0.25) is 0 Å². The molecule has 1 aliphatic heterocycles. The molecule has 1 heterocycles. The topological polar surface area (TPSA) is 139 Å². The van der Waals surface area contributed by atoms with Crippen LogP contribution in [0.1, 0.15) is 106 Å². The van der Waals surface area contributed by atoms with Crippen molar-refractivity contribution in [1.29, 1.82) is 0 Å². The quantitative estimate of drug-likeness (QED) is 0.265. The van der Waals surface area contributed by atoms with Crippen molar-refractivity contribution in [3.63, 3.8) is 0 Å². The molecule has 2 N–H and O–H groups in total. The van der Waals surface area contributed by atoms with Gasteiger partial charge in [0.1, 0.15) is 10.5 Å². The van der Waals surface area contributed by atoms with Gasteiger partial charge in [0.25, 0.3) is 10.0 Å². The minimum Gasteiger partial charge on any atom is -0.460 e. The minimum atomic E-state index is -4.22. The largest absolute Gasteiger partial charge is 0.460 e. The summed E-state index contributed by atoms with van der Waals surface area (Å²) in [5.41, 5.74) is -1.64. The van der Waals surface area contributed by atoms with E-state index in [4.69, 9.17) is 4.74 Å². The summed E-state index contributed by atoms with van der Waals surface area (Å²) < 4.78 is 35.0. The molecule has 5 atom stereocenters. The molecule has 1 aromatic carbocycles. The predicted octanol–water partition coefficient (Wildman–Crippen LogP) is 5.71. The monoisotopic (exact) mass is 697 g/mol. The third-order valence-electron chi connectivity index (χ3n) is 13.3. The van der Waals surface area contributed by atoms with Gasteiger partial charge in [0.05, 0.1) is 29.5 Å². The van der Waals surface area contributed by atoms with Gasteiger partial charge in [-0.25, -0.2) is 13.1 Å². The summed E-state index contributed by atoms with van der Waals surface area (Å²) in [7, 11) is -2.60. The molecule has 0 aromatic heterocycles. The van der Waals surface area contributed by atoms with E-state index >= 15 is 0 Å². The zero-order valence-electron chi connectivity index (χ0n) is 30.5. The molecular formula is C38H55N3O7S. The number of sulfonamides is 1. The van der Waals surface area contributed by atoms with Crippen molar-refractivity contribution in [3.05, 3.63) is 24.3 Å². The summed E-state index contributed by atoms with van der Waals surface area (Å²) in [5, 5.41) is 2.88. The van der Waals surface area contributed by atoms with Crippen molar-refractivity contribution in [2.24, 2.45) is 45.3 Å². The number of amides is 2. The van der Waals surface area contributed by atoms with Crippen molar-refractivity contribution in [1.82, 2.24) is 9.62 Å². The Kier molecular flexibility index (Phi) is 8.64. The van der Waals surface area contributed by atoms with Gasteiger partial charge in [-0.2, -0.15) is 0 Å².